The van der Waals surface area contributed by atoms with Crippen LogP contribution >= 0.6 is 31.9 Å². The Kier molecular flexibility index (Phi) is 4.18. The van der Waals surface area contributed by atoms with Gasteiger partial charge >= 0.3 is 0 Å². The summed E-state index contributed by atoms with van der Waals surface area (Å²) >= 11 is 6.60. The third-order valence-corrected chi connectivity index (χ3v) is 3.03. The smallest absolute Gasteiger partial charge is 0.183 e. The normalized spacial score (nSPS) is 12.1. The van der Waals surface area contributed by atoms with E-state index in [1.54, 1.807) is 0 Å². The molecule has 1 aromatic heterocycles. The van der Waals surface area contributed by atoms with Gasteiger partial charge in [-0.25, -0.2) is 0 Å². The van der Waals surface area contributed by atoms with E-state index in [0.29, 0.717) is 11.2 Å². The predicted molar refractivity (Wildman–Crippen MR) is 61.8 cm³/mol. The van der Waals surface area contributed by atoms with Crippen molar-refractivity contribution in [2.75, 3.05) is 0 Å². The summed E-state index contributed by atoms with van der Waals surface area (Å²) < 4.78 is 6.96. The fraction of sp³-hybridized carbons (Fsp3) is 0.556. The maximum absolute atomic E-state index is 5.36. The van der Waals surface area contributed by atoms with Crippen molar-refractivity contribution in [2.45, 2.75) is 32.9 Å². The van der Waals surface area contributed by atoms with Crippen LogP contribution in [0.15, 0.2) is 19.6 Å². The van der Waals surface area contributed by atoms with E-state index in [9.17, 15) is 0 Å². The van der Waals surface area contributed by atoms with Gasteiger partial charge in [-0.2, -0.15) is 5.48 Å². The van der Waals surface area contributed by atoms with E-state index >= 15 is 0 Å². The van der Waals surface area contributed by atoms with Crippen LogP contribution in [0.2, 0.25) is 0 Å². The number of hydrogen-bond donors (Lipinski definition) is 1. The molecule has 0 saturated heterocycles. The summed E-state index contributed by atoms with van der Waals surface area (Å²) in [4.78, 5) is 5.34. The molecule has 0 unspecified atom stereocenters. The highest BCUT2D eigenvalue weighted by atomic mass is 79.9. The Balaban J connectivity index is 2.39. The number of rotatable bonds is 3. The van der Waals surface area contributed by atoms with Crippen LogP contribution in [0.3, 0.4) is 0 Å². The Morgan fingerprint density at radius 1 is 1.43 bits per heavy atom. The number of halogens is 2. The van der Waals surface area contributed by atoms with Gasteiger partial charge in [-0.1, -0.05) is 0 Å². The van der Waals surface area contributed by atoms with Crippen molar-refractivity contribution in [3.8, 4) is 0 Å². The molecule has 0 saturated carbocycles. The van der Waals surface area contributed by atoms with Crippen LogP contribution < -0.4 is 5.48 Å². The van der Waals surface area contributed by atoms with Crippen molar-refractivity contribution in [3.63, 3.8) is 0 Å². The summed E-state index contributed by atoms with van der Waals surface area (Å²) in [5.41, 5.74) is 2.65. The summed E-state index contributed by atoms with van der Waals surface area (Å²) in [5, 5.41) is 0. The Labute approximate surface area is 100 Å². The highest BCUT2D eigenvalue weighted by Gasteiger charge is 2.11. The highest BCUT2D eigenvalue weighted by molar-refractivity contribution is 9.13. The third kappa shape index (κ3) is 4.13. The van der Waals surface area contributed by atoms with E-state index < -0.39 is 0 Å². The molecule has 0 fully saturated rings. The summed E-state index contributed by atoms with van der Waals surface area (Å²) in [6.07, 6.45) is 0. The molecule has 1 heterocycles. The van der Waals surface area contributed by atoms with Crippen LogP contribution in [0.5, 0.6) is 0 Å². The zero-order valence-corrected chi connectivity index (χ0v) is 11.5. The first kappa shape index (κ1) is 12.2. The zero-order valence-electron chi connectivity index (χ0n) is 8.36. The van der Waals surface area contributed by atoms with E-state index in [0.717, 1.165) is 10.2 Å². The molecule has 0 aliphatic rings. The summed E-state index contributed by atoms with van der Waals surface area (Å²) in [5.74, 6) is 0.813. The molecular weight excluding hydrogens is 314 g/mol. The first-order valence-electron chi connectivity index (χ1n) is 4.23. The molecule has 0 spiro atoms. The van der Waals surface area contributed by atoms with Crippen LogP contribution in [0, 0.1) is 0 Å². The lowest BCUT2D eigenvalue weighted by Gasteiger charge is -2.18. The van der Waals surface area contributed by atoms with Gasteiger partial charge in [-0.15, -0.1) is 0 Å². The van der Waals surface area contributed by atoms with Gasteiger partial charge in [0.15, 0.2) is 4.67 Å². The number of nitrogens with one attached hydrogen (secondary N) is 1. The molecule has 0 aliphatic carbocycles. The van der Waals surface area contributed by atoms with Crippen molar-refractivity contribution in [2.24, 2.45) is 0 Å². The molecule has 1 rings (SSSR count). The summed E-state index contributed by atoms with van der Waals surface area (Å²) in [6, 6.07) is 1.89. The molecule has 0 bridgehead atoms. The van der Waals surface area contributed by atoms with Gasteiger partial charge < -0.3 is 4.42 Å². The van der Waals surface area contributed by atoms with E-state index in [4.69, 9.17) is 9.25 Å². The molecule has 3 nitrogen and oxygen atoms in total. The molecule has 1 aromatic rings. The lowest BCUT2D eigenvalue weighted by Crippen LogP contribution is -2.28. The Morgan fingerprint density at radius 2 is 2.07 bits per heavy atom. The predicted octanol–water partition coefficient (Wildman–Crippen LogP) is 3.62. The average molecular weight is 327 g/mol. The molecule has 0 amide bonds. The lowest BCUT2D eigenvalue weighted by molar-refractivity contribution is -0.0775. The van der Waals surface area contributed by atoms with Gasteiger partial charge in [0.05, 0.1) is 16.6 Å². The van der Waals surface area contributed by atoms with Crippen LogP contribution in [-0.4, -0.2) is 5.60 Å². The number of hydrogen-bond acceptors (Lipinski definition) is 3. The maximum Gasteiger partial charge on any atom is 0.183 e. The van der Waals surface area contributed by atoms with Crippen LogP contribution in [0.1, 0.15) is 26.5 Å². The average Bonchev–Trinajstić information content (AvgIpc) is 2.28. The Morgan fingerprint density at radius 3 is 2.50 bits per heavy atom. The largest absolute Gasteiger partial charge is 0.452 e. The van der Waals surface area contributed by atoms with Gasteiger partial charge in [0, 0.05) is 0 Å². The molecule has 0 aromatic carbocycles. The fourth-order valence-electron chi connectivity index (χ4n) is 0.802. The SMILES string of the molecule is CC(C)(C)ONCc1cc(Br)c(Br)o1. The fourth-order valence-corrected chi connectivity index (χ4v) is 1.46. The summed E-state index contributed by atoms with van der Waals surface area (Å²) in [6.45, 7) is 6.48. The van der Waals surface area contributed by atoms with E-state index in [2.05, 4.69) is 37.3 Å². The number of furan rings is 1. The standard InChI is InChI=1S/C9H13Br2NO2/c1-9(2,3)14-12-5-6-4-7(10)8(11)13-6/h4,12H,5H2,1-3H3. The molecule has 14 heavy (non-hydrogen) atoms. The van der Waals surface area contributed by atoms with Crippen molar-refractivity contribution in [3.05, 3.63) is 21.0 Å². The van der Waals surface area contributed by atoms with E-state index in [-0.39, 0.29) is 5.60 Å². The van der Waals surface area contributed by atoms with E-state index in [1.807, 2.05) is 26.8 Å². The van der Waals surface area contributed by atoms with Gasteiger partial charge in [0.25, 0.3) is 0 Å². The molecular formula is C9H13Br2NO2. The van der Waals surface area contributed by atoms with Crippen molar-refractivity contribution < 1.29 is 9.25 Å². The van der Waals surface area contributed by atoms with Gasteiger partial charge in [0.2, 0.25) is 0 Å². The second-order valence-electron chi connectivity index (χ2n) is 3.87. The van der Waals surface area contributed by atoms with E-state index in [1.165, 1.54) is 0 Å². The van der Waals surface area contributed by atoms with Crippen molar-refractivity contribution in [1.29, 1.82) is 0 Å². The zero-order chi connectivity index (χ0) is 10.8. The Hall–Kier alpha value is 0.160. The highest BCUT2D eigenvalue weighted by Crippen LogP contribution is 2.26. The lowest BCUT2D eigenvalue weighted by atomic mass is 10.2. The minimum Gasteiger partial charge on any atom is -0.452 e. The van der Waals surface area contributed by atoms with Crippen molar-refractivity contribution in [1.82, 2.24) is 5.48 Å². The summed E-state index contributed by atoms with van der Waals surface area (Å²) in [7, 11) is 0. The van der Waals surface area contributed by atoms with Gasteiger partial charge in [0.1, 0.15) is 5.76 Å². The quantitative estimate of drug-likeness (QED) is 0.861. The molecule has 80 valence electrons. The second kappa shape index (κ2) is 4.79. The van der Waals surface area contributed by atoms with Crippen LogP contribution in [-0.2, 0) is 11.4 Å². The molecule has 0 radical (unpaired) electrons. The molecule has 0 atom stereocenters. The first-order chi connectivity index (χ1) is 6.38. The molecule has 1 N–H and O–H groups in total. The minimum atomic E-state index is -0.193. The van der Waals surface area contributed by atoms with Gasteiger partial charge in [-0.3, -0.25) is 4.84 Å². The third-order valence-electron chi connectivity index (χ3n) is 1.32. The second-order valence-corrected chi connectivity index (χ2v) is 5.44. The number of hydroxylamine groups is 1. The van der Waals surface area contributed by atoms with Crippen molar-refractivity contribution >= 4 is 31.9 Å². The molecule has 0 aliphatic heterocycles. The van der Waals surface area contributed by atoms with Gasteiger partial charge in [-0.05, 0) is 58.7 Å². The first-order valence-corrected chi connectivity index (χ1v) is 5.81. The Bertz CT molecular complexity index is 285. The minimum absolute atomic E-state index is 0.193. The van der Waals surface area contributed by atoms with Crippen LogP contribution in [0.4, 0.5) is 0 Å². The monoisotopic (exact) mass is 325 g/mol. The maximum atomic E-state index is 5.36. The van der Waals surface area contributed by atoms with Crippen LogP contribution in [0.25, 0.3) is 0 Å². The molecule has 5 heteroatoms. The topological polar surface area (TPSA) is 34.4 Å².